The summed E-state index contributed by atoms with van der Waals surface area (Å²) in [6.45, 7) is 1.82. The molecule has 1 fully saturated rings. The van der Waals surface area contributed by atoms with Gasteiger partial charge in [-0.3, -0.25) is 0 Å². The molecule has 1 aliphatic rings. The van der Waals surface area contributed by atoms with Gasteiger partial charge in [0, 0.05) is 6.42 Å². The van der Waals surface area contributed by atoms with Crippen LogP contribution in [0.5, 0.6) is 0 Å². The topological polar surface area (TPSA) is 49.7 Å². The maximum Gasteiger partial charge on any atom is 0.181 e. The Hall–Kier alpha value is -0.120. The third-order valence-corrected chi connectivity index (χ3v) is 1.27. The first kappa shape index (κ1) is 6.01. The number of hydrogen-bond donors (Lipinski definition) is 2. The summed E-state index contributed by atoms with van der Waals surface area (Å²) in [6.07, 6.45) is -1.09. The van der Waals surface area contributed by atoms with Gasteiger partial charge in [0.25, 0.3) is 0 Å². The fourth-order valence-electron chi connectivity index (χ4n) is 0.841. The second kappa shape index (κ2) is 2.01. The van der Waals surface area contributed by atoms with Gasteiger partial charge >= 0.3 is 0 Å². The van der Waals surface area contributed by atoms with Crippen LogP contribution in [0.15, 0.2) is 0 Å². The Labute approximate surface area is 47.9 Å². The highest BCUT2D eigenvalue weighted by atomic mass is 16.6. The molecule has 3 heteroatoms. The van der Waals surface area contributed by atoms with E-state index in [1.807, 2.05) is 6.92 Å². The van der Waals surface area contributed by atoms with Crippen LogP contribution in [0.4, 0.5) is 0 Å². The molecule has 0 saturated carbocycles. The molecule has 0 amide bonds. The molecule has 0 bridgehead atoms. The van der Waals surface area contributed by atoms with Crippen LogP contribution in [0.3, 0.4) is 0 Å². The lowest BCUT2D eigenvalue weighted by molar-refractivity contribution is -0.123. The van der Waals surface area contributed by atoms with Crippen molar-refractivity contribution < 1.29 is 14.9 Å². The molecular formula is C5H10O3. The molecule has 0 aromatic carbocycles. The van der Waals surface area contributed by atoms with E-state index in [0.29, 0.717) is 6.42 Å². The molecule has 1 rings (SSSR count). The smallest absolute Gasteiger partial charge is 0.181 e. The minimum absolute atomic E-state index is 0.000000000000000222. The Kier molecular flexibility index (Phi) is 1.51. The van der Waals surface area contributed by atoms with E-state index in [1.54, 1.807) is 0 Å². The Morgan fingerprint density at radius 2 is 2.12 bits per heavy atom. The Bertz CT molecular complexity index is 73.7. The van der Waals surface area contributed by atoms with Crippen LogP contribution in [0.25, 0.3) is 0 Å². The standard InChI is InChI=1S/C5H10O3/c1-3-2-4(6)5(7)8-3/h3-7H,2H2,1H3. The van der Waals surface area contributed by atoms with Crippen molar-refractivity contribution >= 4 is 0 Å². The second-order valence-electron chi connectivity index (χ2n) is 2.14. The third-order valence-electron chi connectivity index (χ3n) is 1.27. The zero-order valence-electron chi connectivity index (χ0n) is 4.74. The molecule has 3 atom stereocenters. The molecule has 8 heavy (non-hydrogen) atoms. The average Bonchev–Trinajstić information content (AvgIpc) is 1.85. The number of rotatable bonds is 0. The van der Waals surface area contributed by atoms with E-state index in [4.69, 9.17) is 14.9 Å². The third kappa shape index (κ3) is 0.992. The van der Waals surface area contributed by atoms with Gasteiger partial charge in [0.2, 0.25) is 0 Å². The van der Waals surface area contributed by atoms with Crippen molar-refractivity contribution in [2.45, 2.75) is 31.8 Å². The number of aliphatic hydroxyl groups excluding tert-OH is 2. The number of hydrogen-bond acceptors (Lipinski definition) is 3. The summed E-state index contributed by atoms with van der Waals surface area (Å²) in [5.74, 6) is 0. The number of ether oxygens (including phenoxy) is 1. The van der Waals surface area contributed by atoms with Crippen molar-refractivity contribution in [3.63, 3.8) is 0 Å². The maximum atomic E-state index is 8.79. The molecule has 0 radical (unpaired) electrons. The van der Waals surface area contributed by atoms with Gasteiger partial charge in [-0.05, 0) is 6.92 Å². The summed E-state index contributed by atoms with van der Waals surface area (Å²) in [6, 6.07) is 0. The highest BCUT2D eigenvalue weighted by Crippen LogP contribution is 2.16. The second-order valence-corrected chi connectivity index (χ2v) is 2.14. The summed E-state index contributed by atoms with van der Waals surface area (Å²) in [5, 5.41) is 17.5. The first-order chi connectivity index (χ1) is 3.70. The molecule has 0 spiro atoms. The summed E-state index contributed by atoms with van der Waals surface area (Å²) in [7, 11) is 0. The Morgan fingerprint density at radius 3 is 2.25 bits per heavy atom. The Balaban J connectivity index is 2.39. The van der Waals surface area contributed by atoms with E-state index in [2.05, 4.69) is 0 Å². The quantitative estimate of drug-likeness (QED) is 0.449. The van der Waals surface area contributed by atoms with Crippen LogP contribution in [-0.2, 0) is 4.74 Å². The molecule has 48 valence electrons. The molecule has 3 unspecified atom stereocenters. The first-order valence-corrected chi connectivity index (χ1v) is 2.71. The van der Waals surface area contributed by atoms with Gasteiger partial charge < -0.3 is 14.9 Å². The number of aliphatic hydroxyl groups is 2. The van der Waals surface area contributed by atoms with E-state index in [1.165, 1.54) is 0 Å². The van der Waals surface area contributed by atoms with Crippen LogP contribution in [0, 0.1) is 0 Å². The van der Waals surface area contributed by atoms with Crippen molar-refractivity contribution in [1.29, 1.82) is 0 Å². The molecule has 0 aromatic heterocycles. The SMILES string of the molecule is CC1CC(O)C(O)O1. The van der Waals surface area contributed by atoms with Crippen LogP contribution in [-0.4, -0.2) is 28.7 Å². The molecule has 3 nitrogen and oxygen atoms in total. The van der Waals surface area contributed by atoms with Crippen LogP contribution in [0.1, 0.15) is 13.3 Å². The van der Waals surface area contributed by atoms with Gasteiger partial charge in [0.1, 0.15) is 6.10 Å². The lowest BCUT2D eigenvalue weighted by atomic mass is 10.2. The zero-order chi connectivity index (χ0) is 6.15. The van der Waals surface area contributed by atoms with Gasteiger partial charge in [0.05, 0.1) is 6.10 Å². The lowest BCUT2D eigenvalue weighted by Crippen LogP contribution is -2.19. The minimum atomic E-state index is -0.954. The fourth-order valence-corrected chi connectivity index (χ4v) is 0.841. The molecule has 2 N–H and O–H groups in total. The molecular weight excluding hydrogens is 108 g/mol. The predicted octanol–water partition coefficient (Wildman–Crippen LogP) is -0.526. The van der Waals surface area contributed by atoms with E-state index >= 15 is 0 Å². The molecule has 0 aromatic rings. The van der Waals surface area contributed by atoms with Crippen LogP contribution >= 0.6 is 0 Å². The first-order valence-electron chi connectivity index (χ1n) is 2.71. The highest BCUT2D eigenvalue weighted by Gasteiger charge is 2.28. The van der Waals surface area contributed by atoms with Crippen molar-refractivity contribution in [2.75, 3.05) is 0 Å². The fraction of sp³-hybridized carbons (Fsp3) is 1.00. The van der Waals surface area contributed by atoms with Crippen LogP contribution < -0.4 is 0 Å². The van der Waals surface area contributed by atoms with E-state index < -0.39 is 12.4 Å². The normalized spacial score (nSPS) is 47.6. The zero-order valence-corrected chi connectivity index (χ0v) is 4.74. The largest absolute Gasteiger partial charge is 0.388 e. The van der Waals surface area contributed by atoms with Crippen LogP contribution in [0.2, 0.25) is 0 Å². The Morgan fingerprint density at radius 1 is 1.50 bits per heavy atom. The van der Waals surface area contributed by atoms with Gasteiger partial charge in [-0.1, -0.05) is 0 Å². The van der Waals surface area contributed by atoms with Crippen molar-refractivity contribution in [2.24, 2.45) is 0 Å². The van der Waals surface area contributed by atoms with E-state index in [0.717, 1.165) is 0 Å². The van der Waals surface area contributed by atoms with E-state index in [9.17, 15) is 0 Å². The van der Waals surface area contributed by atoms with Crippen molar-refractivity contribution in [3.8, 4) is 0 Å². The van der Waals surface area contributed by atoms with Gasteiger partial charge in [-0.2, -0.15) is 0 Å². The summed E-state index contributed by atoms with van der Waals surface area (Å²) < 4.78 is 4.78. The maximum absolute atomic E-state index is 8.79. The molecule has 1 aliphatic heterocycles. The van der Waals surface area contributed by atoms with Crippen molar-refractivity contribution in [3.05, 3.63) is 0 Å². The van der Waals surface area contributed by atoms with Gasteiger partial charge in [-0.25, -0.2) is 0 Å². The van der Waals surface area contributed by atoms with E-state index in [-0.39, 0.29) is 6.10 Å². The molecule has 0 aliphatic carbocycles. The summed E-state index contributed by atoms with van der Waals surface area (Å²) in [5.41, 5.74) is 0. The van der Waals surface area contributed by atoms with Crippen molar-refractivity contribution in [1.82, 2.24) is 0 Å². The summed E-state index contributed by atoms with van der Waals surface area (Å²) >= 11 is 0. The average molecular weight is 118 g/mol. The molecule has 1 saturated heterocycles. The van der Waals surface area contributed by atoms with Gasteiger partial charge in [0.15, 0.2) is 6.29 Å². The highest BCUT2D eigenvalue weighted by molar-refractivity contribution is 4.71. The predicted molar refractivity (Wildman–Crippen MR) is 27.2 cm³/mol. The lowest BCUT2D eigenvalue weighted by Gasteiger charge is -2.03. The molecule has 1 heterocycles. The monoisotopic (exact) mass is 118 g/mol. The van der Waals surface area contributed by atoms with Gasteiger partial charge in [-0.15, -0.1) is 0 Å². The minimum Gasteiger partial charge on any atom is -0.388 e. The summed E-state index contributed by atoms with van der Waals surface area (Å²) in [4.78, 5) is 0.